The van der Waals surface area contributed by atoms with Crippen LogP contribution in [0.4, 0.5) is 5.82 Å². The third-order valence-corrected chi connectivity index (χ3v) is 3.51. The Labute approximate surface area is 135 Å². The zero-order valence-corrected chi connectivity index (χ0v) is 13.3. The second-order valence-corrected chi connectivity index (χ2v) is 5.21. The van der Waals surface area contributed by atoms with Crippen LogP contribution in [0.15, 0.2) is 59.7 Å². The van der Waals surface area contributed by atoms with Crippen LogP contribution in [0.2, 0.25) is 0 Å². The van der Waals surface area contributed by atoms with Gasteiger partial charge in [0.2, 0.25) is 0 Å². The van der Waals surface area contributed by atoms with Crippen molar-refractivity contribution in [2.24, 2.45) is 5.10 Å². The summed E-state index contributed by atoms with van der Waals surface area (Å²) >= 11 is 0. The molecular formula is C19H19N3O. The molecule has 0 aliphatic rings. The first kappa shape index (κ1) is 15.0. The number of pyridine rings is 1. The summed E-state index contributed by atoms with van der Waals surface area (Å²) in [6.45, 7) is 4.71. The molecule has 3 aromatic rings. The zero-order valence-electron chi connectivity index (χ0n) is 13.3. The first-order chi connectivity index (χ1) is 11.3. The Bertz CT molecular complexity index is 826. The maximum absolute atomic E-state index is 5.42. The topological polar surface area (TPSA) is 46.5 Å². The van der Waals surface area contributed by atoms with Crippen molar-refractivity contribution in [3.8, 4) is 5.75 Å². The Hall–Kier alpha value is -2.88. The number of aryl methyl sites for hydroxylation is 1. The summed E-state index contributed by atoms with van der Waals surface area (Å²) in [6, 6.07) is 17.9. The minimum Gasteiger partial charge on any atom is -0.494 e. The van der Waals surface area contributed by atoms with E-state index in [9.17, 15) is 0 Å². The lowest BCUT2D eigenvalue weighted by atomic mass is 10.1. The number of para-hydroxylation sites is 1. The standard InChI is InChI=1S/C19H19N3O/c1-3-23-16-10-8-15(9-11-16)13-20-22-19-12-14(2)17-6-4-5-7-18(17)21-19/h4-13H,3H2,1-2H3,(H,21,22)/b20-13-. The van der Waals surface area contributed by atoms with Crippen molar-refractivity contribution in [1.29, 1.82) is 0 Å². The number of hydrogen-bond donors (Lipinski definition) is 1. The monoisotopic (exact) mass is 305 g/mol. The molecule has 1 aromatic heterocycles. The van der Waals surface area contributed by atoms with Crippen LogP contribution in [0.25, 0.3) is 10.9 Å². The van der Waals surface area contributed by atoms with E-state index in [1.54, 1.807) is 6.21 Å². The van der Waals surface area contributed by atoms with Gasteiger partial charge in [-0.2, -0.15) is 5.10 Å². The second-order valence-electron chi connectivity index (χ2n) is 5.21. The predicted octanol–water partition coefficient (Wildman–Crippen LogP) is 4.39. The van der Waals surface area contributed by atoms with Crippen LogP contribution in [0, 0.1) is 6.92 Å². The van der Waals surface area contributed by atoms with E-state index >= 15 is 0 Å². The van der Waals surface area contributed by atoms with Gasteiger partial charge in [-0.15, -0.1) is 0 Å². The Balaban J connectivity index is 1.72. The molecule has 0 fully saturated rings. The fourth-order valence-corrected chi connectivity index (χ4v) is 2.40. The Morgan fingerprint density at radius 3 is 2.70 bits per heavy atom. The molecule has 4 nitrogen and oxygen atoms in total. The normalized spacial score (nSPS) is 11.0. The average molecular weight is 305 g/mol. The van der Waals surface area contributed by atoms with E-state index in [4.69, 9.17) is 4.74 Å². The van der Waals surface area contributed by atoms with Gasteiger partial charge in [-0.25, -0.2) is 4.98 Å². The fourth-order valence-electron chi connectivity index (χ4n) is 2.40. The molecule has 1 heterocycles. The quantitative estimate of drug-likeness (QED) is 0.562. The van der Waals surface area contributed by atoms with Crippen LogP contribution in [-0.4, -0.2) is 17.8 Å². The minimum atomic E-state index is 0.669. The van der Waals surface area contributed by atoms with E-state index in [0.29, 0.717) is 6.61 Å². The number of nitrogens with one attached hydrogen (secondary N) is 1. The number of hydrazone groups is 1. The number of nitrogens with zero attached hydrogens (tertiary/aromatic N) is 2. The van der Waals surface area contributed by atoms with Gasteiger partial charge in [-0.05, 0) is 61.4 Å². The van der Waals surface area contributed by atoms with Crippen LogP contribution in [0.1, 0.15) is 18.1 Å². The molecule has 0 aliphatic heterocycles. The number of ether oxygens (including phenoxy) is 1. The third kappa shape index (κ3) is 3.66. The minimum absolute atomic E-state index is 0.669. The van der Waals surface area contributed by atoms with Crippen molar-refractivity contribution in [2.45, 2.75) is 13.8 Å². The third-order valence-electron chi connectivity index (χ3n) is 3.51. The van der Waals surface area contributed by atoms with Gasteiger partial charge in [0.15, 0.2) is 0 Å². The van der Waals surface area contributed by atoms with E-state index < -0.39 is 0 Å². The highest BCUT2D eigenvalue weighted by Gasteiger charge is 2.01. The smallest absolute Gasteiger partial charge is 0.147 e. The van der Waals surface area contributed by atoms with Gasteiger partial charge in [0.05, 0.1) is 18.3 Å². The first-order valence-corrected chi connectivity index (χ1v) is 7.64. The summed E-state index contributed by atoms with van der Waals surface area (Å²) in [5, 5.41) is 5.42. The molecule has 2 aromatic carbocycles. The molecule has 0 saturated carbocycles. The molecule has 0 spiro atoms. The highest BCUT2D eigenvalue weighted by atomic mass is 16.5. The van der Waals surface area contributed by atoms with Crippen molar-refractivity contribution in [3.63, 3.8) is 0 Å². The van der Waals surface area contributed by atoms with Crippen LogP contribution < -0.4 is 10.2 Å². The molecule has 0 radical (unpaired) electrons. The maximum Gasteiger partial charge on any atom is 0.147 e. The van der Waals surface area contributed by atoms with Crippen LogP contribution in [-0.2, 0) is 0 Å². The van der Waals surface area contributed by atoms with E-state index in [2.05, 4.69) is 28.5 Å². The van der Waals surface area contributed by atoms with Gasteiger partial charge in [0, 0.05) is 5.39 Å². The van der Waals surface area contributed by atoms with Crippen LogP contribution in [0.5, 0.6) is 5.75 Å². The molecule has 23 heavy (non-hydrogen) atoms. The summed E-state index contributed by atoms with van der Waals surface area (Å²) in [5.41, 5.74) is 6.13. The Morgan fingerprint density at radius 2 is 1.91 bits per heavy atom. The molecule has 0 amide bonds. The number of fused-ring (bicyclic) bond motifs is 1. The molecule has 0 atom stereocenters. The first-order valence-electron chi connectivity index (χ1n) is 7.64. The van der Waals surface area contributed by atoms with E-state index in [0.717, 1.165) is 28.0 Å². The number of aromatic nitrogens is 1. The summed E-state index contributed by atoms with van der Waals surface area (Å²) in [4.78, 5) is 4.56. The summed E-state index contributed by atoms with van der Waals surface area (Å²) in [7, 11) is 0. The van der Waals surface area contributed by atoms with Crippen molar-refractivity contribution in [3.05, 3.63) is 65.7 Å². The maximum atomic E-state index is 5.42. The molecule has 3 rings (SSSR count). The van der Waals surface area contributed by atoms with Crippen molar-refractivity contribution >= 4 is 22.9 Å². The van der Waals surface area contributed by atoms with Crippen LogP contribution >= 0.6 is 0 Å². The largest absolute Gasteiger partial charge is 0.494 e. The molecule has 4 heteroatoms. The molecule has 116 valence electrons. The lowest BCUT2D eigenvalue weighted by Gasteiger charge is -2.05. The van der Waals surface area contributed by atoms with E-state index in [1.165, 1.54) is 5.56 Å². The zero-order chi connectivity index (χ0) is 16.1. The van der Waals surface area contributed by atoms with Gasteiger partial charge in [0.25, 0.3) is 0 Å². The van der Waals surface area contributed by atoms with Crippen LogP contribution in [0.3, 0.4) is 0 Å². The highest BCUT2D eigenvalue weighted by molar-refractivity contribution is 5.84. The van der Waals surface area contributed by atoms with Gasteiger partial charge in [-0.3, -0.25) is 5.43 Å². The van der Waals surface area contributed by atoms with Gasteiger partial charge in [0.1, 0.15) is 11.6 Å². The average Bonchev–Trinajstić information content (AvgIpc) is 2.57. The second kappa shape index (κ2) is 6.92. The number of hydrogen-bond acceptors (Lipinski definition) is 4. The molecule has 0 saturated heterocycles. The van der Waals surface area contributed by atoms with Gasteiger partial charge >= 0.3 is 0 Å². The van der Waals surface area contributed by atoms with Gasteiger partial charge in [-0.1, -0.05) is 18.2 Å². The number of anilines is 1. The SMILES string of the molecule is CCOc1ccc(/C=N\Nc2cc(C)c3ccccc3n2)cc1. The van der Waals surface area contributed by atoms with Crippen molar-refractivity contribution in [2.75, 3.05) is 12.0 Å². The number of rotatable bonds is 5. The molecular weight excluding hydrogens is 286 g/mol. The Morgan fingerprint density at radius 1 is 1.13 bits per heavy atom. The number of benzene rings is 2. The summed E-state index contributed by atoms with van der Waals surface area (Å²) in [5.74, 6) is 1.60. The summed E-state index contributed by atoms with van der Waals surface area (Å²) < 4.78 is 5.42. The predicted molar refractivity (Wildman–Crippen MR) is 95.3 cm³/mol. The van der Waals surface area contributed by atoms with E-state index in [1.807, 2.05) is 55.5 Å². The Kier molecular flexibility index (Phi) is 4.52. The fraction of sp³-hybridized carbons (Fsp3) is 0.158. The molecule has 0 bridgehead atoms. The lowest BCUT2D eigenvalue weighted by Crippen LogP contribution is -1.95. The molecule has 0 unspecified atom stereocenters. The van der Waals surface area contributed by atoms with Crippen molar-refractivity contribution in [1.82, 2.24) is 4.98 Å². The molecule has 1 N–H and O–H groups in total. The van der Waals surface area contributed by atoms with Gasteiger partial charge < -0.3 is 4.74 Å². The molecule has 0 aliphatic carbocycles. The highest BCUT2D eigenvalue weighted by Crippen LogP contribution is 2.19. The lowest BCUT2D eigenvalue weighted by molar-refractivity contribution is 0.340. The van der Waals surface area contributed by atoms with E-state index in [-0.39, 0.29) is 0 Å². The summed E-state index contributed by atoms with van der Waals surface area (Å²) in [6.07, 6.45) is 1.77. The van der Waals surface area contributed by atoms with Crippen molar-refractivity contribution < 1.29 is 4.74 Å².